The van der Waals surface area contributed by atoms with Crippen LogP contribution in [0.2, 0.25) is 5.02 Å². The molecule has 40 heavy (non-hydrogen) atoms. The number of amides is 1. The summed E-state index contributed by atoms with van der Waals surface area (Å²) in [5.41, 5.74) is 4.48. The number of carbonyl (C=O) groups excluding carboxylic acids is 1. The first kappa shape index (κ1) is 26.4. The predicted molar refractivity (Wildman–Crippen MR) is 150 cm³/mol. The molecule has 1 amide bonds. The van der Waals surface area contributed by atoms with Gasteiger partial charge in [-0.25, -0.2) is 9.78 Å². The molecular weight excluding hydrogens is 532 g/mol. The number of benzene rings is 3. The van der Waals surface area contributed by atoms with Crippen molar-refractivity contribution in [1.29, 1.82) is 0 Å². The zero-order valence-corrected chi connectivity index (χ0v) is 21.7. The van der Waals surface area contributed by atoms with Crippen molar-refractivity contribution in [3.05, 3.63) is 107 Å². The molecule has 200 valence electrons. The Kier molecular flexibility index (Phi) is 8.02. The molecule has 0 radical (unpaired) electrons. The molecule has 0 fully saturated rings. The smallest absolute Gasteiger partial charge is 0.335 e. The topological polar surface area (TPSA) is 148 Å². The third-order valence-electron chi connectivity index (χ3n) is 5.98. The van der Waals surface area contributed by atoms with E-state index in [1.807, 2.05) is 24.3 Å². The lowest BCUT2D eigenvalue weighted by Crippen LogP contribution is -2.40. The monoisotopic (exact) mass is 554 g/mol. The molecule has 0 bridgehead atoms. The minimum absolute atomic E-state index is 0.189. The van der Waals surface area contributed by atoms with Crippen molar-refractivity contribution in [3.8, 4) is 5.69 Å². The van der Waals surface area contributed by atoms with Crippen molar-refractivity contribution in [2.45, 2.75) is 12.5 Å². The molecule has 0 aliphatic carbocycles. The van der Waals surface area contributed by atoms with Crippen LogP contribution in [-0.2, 0) is 11.2 Å². The summed E-state index contributed by atoms with van der Waals surface area (Å²) in [4.78, 5) is 33.4. The van der Waals surface area contributed by atoms with Gasteiger partial charge in [-0.3, -0.25) is 9.78 Å². The first-order valence-corrected chi connectivity index (χ1v) is 12.6. The lowest BCUT2D eigenvalue weighted by atomic mass is 10.1. The number of para-hydroxylation sites is 2. The average Bonchev–Trinajstić information content (AvgIpc) is 3.50. The second-order valence-electron chi connectivity index (χ2n) is 8.81. The van der Waals surface area contributed by atoms with E-state index < -0.39 is 5.97 Å². The Bertz CT molecular complexity index is 1670. The van der Waals surface area contributed by atoms with E-state index in [0.717, 1.165) is 16.7 Å². The molecule has 0 saturated carbocycles. The Morgan fingerprint density at radius 1 is 1.05 bits per heavy atom. The molecule has 11 nitrogen and oxygen atoms in total. The van der Waals surface area contributed by atoms with Gasteiger partial charge in [-0.05, 0) is 71.1 Å². The van der Waals surface area contributed by atoms with E-state index in [1.54, 1.807) is 42.6 Å². The fourth-order valence-electron chi connectivity index (χ4n) is 4.05. The molecule has 0 spiro atoms. The van der Waals surface area contributed by atoms with E-state index in [0.29, 0.717) is 34.9 Å². The number of anilines is 1. The van der Waals surface area contributed by atoms with Crippen molar-refractivity contribution >= 4 is 46.3 Å². The number of halogens is 1. The molecule has 12 heteroatoms. The normalized spacial score (nSPS) is 11.9. The summed E-state index contributed by atoms with van der Waals surface area (Å²) < 4.78 is 1.48. The van der Waals surface area contributed by atoms with E-state index in [1.165, 1.54) is 29.2 Å². The van der Waals surface area contributed by atoms with Crippen molar-refractivity contribution < 1.29 is 14.7 Å². The first-order valence-electron chi connectivity index (χ1n) is 12.2. The highest BCUT2D eigenvalue weighted by Gasteiger charge is 2.15. The molecule has 0 saturated heterocycles. The fourth-order valence-corrected chi connectivity index (χ4v) is 4.23. The largest absolute Gasteiger partial charge is 0.478 e. The van der Waals surface area contributed by atoms with Crippen molar-refractivity contribution in [3.63, 3.8) is 0 Å². The minimum Gasteiger partial charge on any atom is -0.478 e. The Morgan fingerprint density at radius 3 is 2.60 bits per heavy atom. The van der Waals surface area contributed by atoms with Crippen LogP contribution in [0.4, 0.5) is 5.69 Å². The zero-order valence-electron chi connectivity index (χ0n) is 21.0. The van der Waals surface area contributed by atoms with Crippen molar-refractivity contribution in [2.24, 2.45) is 0 Å². The highest BCUT2D eigenvalue weighted by Crippen LogP contribution is 2.20. The van der Waals surface area contributed by atoms with Gasteiger partial charge in [-0.15, -0.1) is 5.10 Å². The number of hydrogen-bond acceptors (Lipinski definition) is 8. The number of aromatic carboxylic acids is 1. The van der Waals surface area contributed by atoms with Crippen molar-refractivity contribution in [2.75, 3.05) is 11.9 Å². The van der Waals surface area contributed by atoms with Crippen molar-refractivity contribution in [1.82, 2.24) is 35.5 Å². The van der Waals surface area contributed by atoms with E-state index in [2.05, 4.69) is 31.1 Å². The summed E-state index contributed by atoms with van der Waals surface area (Å²) in [6.07, 6.45) is 6.62. The van der Waals surface area contributed by atoms with Gasteiger partial charge < -0.3 is 15.7 Å². The van der Waals surface area contributed by atoms with Gasteiger partial charge >= 0.3 is 5.97 Å². The number of hydrogen-bond donors (Lipinski definition) is 3. The first-order chi connectivity index (χ1) is 19.4. The maximum absolute atomic E-state index is 13.0. The van der Waals surface area contributed by atoms with Crippen LogP contribution in [0.25, 0.3) is 22.8 Å². The summed E-state index contributed by atoms with van der Waals surface area (Å²) in [7, 11) is 0. The molecule has 0 aliphatic heterocycles. The molecule has 5 rings (SSSR count). The molecule has 0 aliphatic rings. The molecular formula is C28H23ClN8O3. The number of nitrogens with zero attached hydrogens (tertiary/aromatic N) is 6. The van der Waals surface area contributed by atoms with Crippen LogP contribution < -0.4 is 10.6 Å². The number of carbonyl (C=O) groups is 2. The number of aromatic nitrogens is 6. The summed E-state index contributed by atoms with van der Waals surface area (Å²) in [5, 5.41) is 27.2. The Morgan fingerprint density at radius 2 is 1.85 bits per heavy atom. The third-order valence-corrected chi connectivity index (χ3v) is 6.22. The predicted octanol–water partition coefficient (Wildman–Crippen LogP) is 3.81. The maximum atomic E-state index is 13.0. The van der Waals surface area contributed by atoms with E-state index in [9.17, 15) is 9.59 Å². The molecule has 2 heterocycles. The molecule has 3 aromatic carbocycles. The lowest BCUT2D eigenvalue weighted by molar-refractivity contribution is -0.117. The third kappa shape index (κ3) is 6.63. The fraction of sp³-hybridized carbons (Fsp3) is 0.107. The van der Waals surface area contributed by atoms with Crippen LogP contribution in [-0.4, -0.2) is 59.7 Å². The molecule has 5 aromatic rings. The summed E-state index contributed by atoms with van der Waals surface area (Å²) >= 11 is 6.19. The Hall–Kier alpha value is -5.16. The van der Waals surface area contributed by atoms with E-state index in [-0.39, 0.29) is 17.5 Å². The van der Waals surface area contributed by atoms with Gasteiger partial charge in [0.15, 0.2) is 0 Å². The number of nitrogens with one attached hydrogen (secondary N) is 2. The van der Waals surface area contributed by atoms with Crippen LogP contribution in [0, 0.1) is 0 Å². The number of tetrazole rings is 1. The number of carboxylic acids is 1. The van der Waals surface area contributed by atoms with Crippen LogP contribution >= 0.6 is 11.6 Å². The summed E-state index contributed by atoms with van der Waals surface area (Å²) in [6, 6.07) is 18.8. The highest BCUT2D eigenvalue weighted by atomic mass is 35.5. The highest BCUT2D eigenvalue weighted by molar-refractivity contribution is 6.30. The standard InChI is InChI=1S/C28H23ClN8O3/c29-20-8-11-26(37-17-32-35-36-37)19(13-20)7-12-27(38)34-23(15-30-21-9-5-18(6-10-21)28(39)40)14-22-16-31-24-3-1-2-4-25(24)33-22/h1-13,16-17,23,30H,14-15H2,(H,34,38)(H,39,40)/b12-7+. The number of carboxylic acid groups (broad SMARTS) is 1. The SMILES string of the molecule is O=C(/C=C/c1cc(Cl)ccc1-n1cnnn1)NC(CNc1ccc(C(=O)O)cc1)Cc1cnc2ccccc2n1. The van der Waals surface area contributed by atoms with Gasteiger partial charge in [-0.1, -0.05) is 23.7 Å². The van der Waals surface area contributed by atoms with Crippen LogP contribution in [0.15, 0.2) is 85.3 Å². The van der Waals surface area contributed by atoms with E-state index >= 15 is 0 Å². The molecule has 1 unspecified atom stereocenters. The van der Waals surface area contributed by atoms with Gasteiger partial charge in [0.1, 0.15) is 6.33 Å². The quantitative estimate of drug-likeness (QED) is 0.219. The second kappa shape index (κ2) is 12.1. The summed E-state index contributed by atoms with van der Waals surface area (Å²) in [5.74, 6) is -1.33. The van der Waals surface area contributed by atoms with Crippen LogP contribution in [0.1, 0.15) is 21.6 Å². The Balaban J connectivity index is 1.33. The van der Waals surface area contributed by atoms with Gasteiger partial charge in [0.25, 0.3) is 0 Å². The van der Waals surface area contributed by atoms with Gasteiger partial charge in [0.2, 0.25) is 5.91 Å². The van der Waals surface area contributed by atoms with E-state index in [4.69, 9.17) is 21.7 Å². The van der Waals surface area contributed by atoms with Gasteiger partial charge in [0, 0.05) is 41.5 Å². The van der Waals surface area contributed by atoms with Crippen LogP contribution in [0.5, 0.6) is 0 Å². The zero-order chi connectivity index (χ0) is 27.9. The van der Waals surface area contributed by atoms with Crippen LogP contribution in [0.3, 0.4) is 0 Å². The second-order valence-corrected chi connectivity index (χ2v) is 9.25. The number of fused-ring (bicyclic) bond motifs is 1. The molecule has 2 aromatic heterocycles. The lowest BCUT2D eigenvalue weighted by Gasteiger charge is -2.19. The number of rotatable bonds is 10. The minimum atomic E-state index is -0.999. The maximum Gasteiger partial charge on any atom is 0.335 e. The van der Waals surface area contributed by atoms with Gasteiger partial charge in [-0.2, -0.15) is 4.68 Å². The summed E-state index contributed by atoms with van der Waals surface area (Å²) in [6.45, 7) is 0.355. The van der Waals surface area contributed by atoms with Gasteiger partial charge in [0.05, 0.1) is 34.0 Å². The molecule has 3 N–H and O–H groups in total. The average molecular weight is 555 g/mol. The Labute approximate surface area is 233 Å². The molecule has 1 atom stereocenters.